The van der Waals surface area contributed by atoms with Crippen molar-refractivity contribution in [2.24, 2.45) is 0 Å². The van der Waals surface area contributed by atoms with E-state index in [1.54, 1.807) is 12.1 Å². The molecule has 6 nitrogen and oxygen atoms in total. The maximum atomic E-state index is 10.1. The van der Waals surface area contributed by atoms with E-state index in [9.17, 15) is 5.11 Å². The number of aromatic nitrogens is 4. The number of nitrogens with two attached hydrogens (primary N) is 1. The predicted molar refractivity (Wildman–Crippen MR) is 72.6 cm³/mol. The summed E-state index contributed by atoms with van der Waals surface area (Å²) in [5.41, 5.74) is 7.18. The fraction of sp³-hybridized carbons (Fsp3) is 0.417. The van der Waals surface area contributed by atoms with Crippen molar-refractivity contribution < 1.29 is 5.11 Å². The second-order valence-corrected chi connectivity index (χ2v) is 5.62. The quantitative estimate of drug-likeness (QED) is 0.634. The maximum Gasteiger partial charge on any atom is 0.209 e. The Morgan fingerprint density at radius 3 is 3.05 bits per heavy atom. The van der Waals surface area contributed by atoms with Crippen LogP contribution in [-0.4, -0.2) is 31.1 Å². The van der Waals surface area contributed by atoms with Crippen molar-refractivity contribution >= 4 is 17.4 Å². The van der Waals surface area contributed by atoms with E-state index in [1.807, 2.05) is 16.8 Å². The molecule has 3 rings (SSSR count). The monoisotopic (exact) mass is 277 g/mol. The van der Waals surface area contributed by atoms with Gasteiger partial charge in [-0.25, -0.2) is 4.68 Å². The summed E-state index contributed by atoms with van der Waals surface area (Å²) in [5.74, 6) is 0.510. The maximum absolute atomic E-state index is 10.1. The summed E-state index contributed by atoms with van der Waals surface area (Å²) in [6, 6.07) is 7.74. The van der Waals surface area contributed by atoms with Crippen LogP contribution in [0.5, 0.6) is 0 Å². The first-order valence-corrected chi connectivity index (χ1v) is 7.17. The predicted octanol–water partition coefficient (Wildman–Crippen LogP) is 1.42. The number of rotatable bonds is 5. The Kier molecular flexibility index (Phi) is 3.39. The fourth-order valence-corrected chi connectivity index (χ4v) is 2.76. The standard InChI is InChI=1S/C12H15N5OS/c13-9-3-1-2-8(6-9)11(18)7-19-12-14-15-16-17(12)10-4-5-10/h1-3,6,10-11,18H,4-5,7,13H2. The van der Waals surface area contributed by atoms with Crippen LogP contribution in [0.1, 0.15) is 30.6 Å². The van der Waals surface area contributed by atoms with E-state index in [0.717, 1.165) is 23.6 Å². The Morgan fingerprint density at radius 1 is 1.47 bits per heavy atom. The average Bonchev–Trinajstić information content (AvgIpc) is 3.15. The molecule has 1 aliphatic carbocycles. The van der Waals surface area contributed by atoms with Crippen LogP contribution in [0.15, 0.2) is 29.4 Å². The number of benzene rings is 1. The third-order valence-electron chi connectivity index (χ3n) is 3.02. The fourth-order valence-electron chi connectivity index (χ4n) is 1.84. The van der Waals surface area contributed by atoms with Crippen LogP contribution >= 0.6 is 11.8 Å². The summed E-state index contributed by atoms with van der Waals surface area (Å²) in [7, 11) is 0. The summed E-state index contributed by atoms with van der Waals surface area (Å²) in [6.45, 7) is 0. The van der Waals surface area contributed by atoms with Crippen LogP contribution in [0.4, 0.5) is 5.69 Å². The molecule has 1 aromatic heterocycles. The molecule has 1 fully saturated rings. The second-order valence-electron chi connectivity index (χ2n) is 4.63. The van der Waals surface area contributed by atoms with Crippen LogP contribution in [0.25, 0.3) is 0 Å². The zero-order valence-corrected chi connectivity index (χ0v) is 11.1. The third kappa shape index (κ3) is 2.87. The Labute approximate surface area is 115 Å². The van der Waals surface area contributed by atoms with Gasteiger partial charge in [-0.05, 0) is 41.0 Å². The topological polar surface area (TPSA) is 89.8 Å². The lowest BCUT2D eigenvalue weighted by molar-refractivity contribution is 0.204. The van der Waals surface area contributed by atoms with E-state index in [4.69, 9.17) is 5.73 Å². The minimum absolute atomic E-state index is 0.446. The molecule has 19 heavy (non-hydrogen) atoms. The number of tetrazole rings is 1. The normalized spacial score (nSPS) is 16.5. The van der Waals surface area contributed by atoms with E-state index >= 15 is 0 Å². The summed E-state index contributed by atoms with van der Waals surface area (Å²) < 4.78 is 1.84. The molecule has 0 saturated heterocycles. The van der Waals surface area contributed by atoms with Gasteiger partial charge in [0, 0.05) is 11.4 Å². The van der Waals surface area contributed by atoms with Crippen LogP contribution in [0.2, 0.25) is 0 Å². The first kappa shape index (κ1) is 12.4. The Hall–Kier alpha value is -1.60. The molecule has 0 aliphatic heterocycles. The molecular weight excluding hydrogens is 262 g/mol. The van der Waals surface area contributed by atoms with E-state index in [0.29, 0.717) is 17.5 Å². The molecule has 0 bridgehead atoms. The smallest absolute Gasteiger partial charge is 0.209 e. The number of aliphatic hydroxyl groups is 1. The SMILES string of the molecule is Nc1cccc(C(O)CSc2nnnn2C2CC2)c1. The van der Waals surface area contributed by atoms with Crippen molar-refractivity contribution in [3.05, 3.63) is 29.8 Å². The molecule has 3 N–H and O–H groups in total. The second kappa shape index (κ2) is 5.18. The van der Waals surface area contributed by atoms with Gasteiger partial charge in [0.15, 0.2) is 0 Å². The van der Waals surface area contributed by atoms with Gasteiger partial charge < -0.3 is 10.8 Å². The highest BCUT2D eigenvalue weighted by Gasteiger charge is 2.28. The van der Waals surface area contributed by atoms with Gasteiger partial charge in [-0.15, -0.1) is 5.10 Å². The van der Waals surface area contributed by atoms with Gasteiger partial charge >= 0.3 is 0 Å². The lowest BCUT2D eigenvalue weighted by Gasteiger charge is -2.10. The lowest BCUT2D eigenvalue weighted by atomic mass is 10.1. The Bertz CT molecular complexity index is 569. The molecule has 7 heteroatoms. The van der Waals surface area contributed by atoms with E-state index in [1.165, 1.54) is 11.8 Å². The highest BCUT2D eigenvalue weighted by molar-refractivity contribution is 7.99. The van der Waals surface area contributed by atoms with Crippen molar-refractivity contribution in [1.29, 1.82) is 0 Å². The highest BCUT2D eigenvalue weighted by Crippen LogP contribution is 2.36. The Morgan fingerprint density at radius 2 is 2.32 bits per heavy atom. The van der Waals surface area contributed by atoms with Crippen molar-refractivity contribution in [3.8, 4) is 0 Å². The lowest BCUT2D eigenvalue weighted by Crippen LogP contribution is -2.04. The zero-order valence-electron chi connectivity index (χ0n) is 10.3. The van der Waals surface area contributed by atoms with Gasteiger partial charge in [-0.1, -0.05) is 23.9 Å². The van der Waals surface area contributed by atoms with Crippen molar-refractivity contribution in [2.45, 2.75) is 30.1 Å². The molecule has 100 valence electrons. The number of aliphatic hydroxyl groups excluding tert-OH is 1. The molecule has 1 unspecified atom stereocenters. The van der Waals surface area contributed by atoms with Gasteiger partial charge in [0.25, 0.3) is 0 Å². The molecule has 1 saturated carbocycles. The largest absolute Gasteiger partial charge is 0.399 e. The minimum Gasteiger partial charge on any atom is -0.399 e. The zero-order chi connectivity index (χ0) is 13.2. The summed E-state index contributed by atoms with van der Waals surface area (Å²) in [6.07, 6.45) is 1.70. The molecule has 0 radical (unpaired) electrons. The van der Waals surface area contributed by atoms with Crippen LogP contribution in [0.3, 0.4) is 0 Å². The van der Waals surface area contributed by atoms with Gasteiger partial charge in [0.1, 0.15) is 0 Å². The molecule has 1 aliphatic rings. The summed E-state index contributed by atoms with van der Waals surface area (Å²) >= 11 is 1.47. The van der Waals surface area contributed by atoms with E-state index in [-0.39, 0.29) is 0 Å². The van der Waals surface area contributed by atoms with E-state index in [2.05, 4.69) is 15.5 Å². The molecular formula is C12H15N5OS. The van der Waals surface area contributed by atoms with Gasteiger partial charge in [0.2, 0.25) is 5.16 Å². The van der Waals surface area contributed by atoms with Gasteiger partial charge in [0.05, 0.1) is 12.1 Å². The summed E-state index contributed by atoms with van der Waals surface area (Å²) in [4.78, 5) is 0. The third-order valence-corrected chi connectivity index (χ3v) is 4.03. The van der Waals surface area contributed by atoms with Crippen molar-refractivity contribution in [1.82, 2.24) is 20.2 Å². The minimum atomic E-state index is -0.571. The average molecular weight is 277 g/mol. The number of hydrogen-bond donors (Lipinski definition) is 2. The van der Waals surface area contributed by atoms with Gasteiger partial charge in [-0.3, -0.25) is 0 Å². The number of thioether (sulfide) groups is 1. The van der Waals surface area contributed by atoms with Crippen molar-refractivity contribution in [3.63, 3.8) is 0 Å². The first-order chi connectivity index (χ1) is 9.24. The molecule has 0 spiro atoms. The van der Waals surface area contributed by atoms with Crippen molar-refractivity contribution in [2.75, 3.05) is 11.5 Å². The summed E-state index contributed by atoms with van der Waals surface area (Å²) in [5, 5.41) is 22.6. The molecule has 0 amide bonds. The van der Waals surface area contributed by atoms with Gasteiger partial charge in [-0.2, -0.15) is 0 Å². The Balaban J connectivity index is 1.63. The number of anilines is 1. The molecule has 1 aromatic carbocycles. The van der Waals surface area contributed by atoms with Crippen LogP contribution in [-0.2, 0) is 0 Å². The number of nitrogens with zero attached hydrogens (tertiary/aromatic N) is 4. The molecule has 1 heterocycles. The first-order valence-electron chi connectivity index (χ1n) is 6.18. The number of hydrogen-bond acceptors (Lipinski definition) is 6. The van der Waals surface area contributed by atoms with Crippen LogP contribution < -0.4 is 5.73 Å². The molecule has 2 aromatic rings. The highest BCUT2D eigenvalue weighted by atomic mass is 32.2. The van der Waals surface area contributed by atoms with Crippen LogP contribution in [0, 0.1) is 0 Å². The number of nitrogen functional groups attached to an aromatic ring is 1. The molecule has 1 atom stereocenters. The van der Waals surface area contributed by atoms with E-state index < -0.39 is 6.10 Å².